The van der Waals surface area contributed by atoms with Crippen molar-refractivity contribution in [3.05, 3.63) is 46.6 Å². The van der Waals surface area contributed by atoms with Crippen LogP contribution in [0.4, 0.5) is 0 Å². The quantitative estimate of drug-likeness (QED) is 0.883. The Morgan fingerprint density at radius 1 is 1.14 bits per heavy atom. The molecule has 1 aliphatic rings. The van der Waals surface area contributed by atoms with Crippen LogP contribution in [0.3, 0.4) is 0 Å². The Morgan fingerprint density at radius 2 is 1.86 bits per heavy atom. The van der Waals surface area contributed by atoms with E-state index in [1.807, 2.05) is 36.4 Å². The van der Waals surface area contributed by atoms with Crippen molar-refractivity contribution >= 4 is 21.8 Å². The normalized spacial score (nSPS) is 15.3. The molecule has 0 saturated heterocycles. The van der Waals surface area contributed by atoms with Gasteiger partial charge in [0.15, 0.2) is 0 Å². The van der Waals surface area contributed by atoms with Gasteiger partial charge in [0.05, 0.1) is 6.54 Å². The van der Waals surface area contributed by atoms with Crippen LogP contribution in [0.25, 0.3) is 11.3 Å². The Hall–Kier alpha value is -1.55. The first-order chi connectivity index (χ1) is 10.2. The van der Waals surface area contributed by atoms with Crippen molar-refractivity contribution in [1.29, 1.82) is 0 Å². The summed E-state index contributed by atoms with van der Waals surface area (Å²) >= 11 is 3.42. The monoisotopic (exact) mass is 347 g/mol. The van der Waals surface area contributed by atoms with Crippen LogP contribution in [0.2, 0.25) is 0 Å². The first kappa shape index (κ1) is 14.4. The van der Waals surface area contributed by atoms with Crippen molar-refractivity contribution in [3.8, 4) is 11.3 Å². The van der Waals surface area contributed by atoms with E-state index in [2.05, 4.69) is 21.2 Å². The van der Waals surface area contributed by atoms with Crippen molar-refractivity contribution in [3.63, 3.8) is 0 Å². The molecule has 1 fully saturated rings. The van der Waals surface area contributed by atoms with Crippen molar-refractivity contribution in [2.75, 3.05) is 0 Å². The maximum absolute atomic E-state index is 12.0. The number of amides is 1. The highest BCUT2D eigenvalue weighted by Gasteiger charge is 2.22. The summed E-state index contributed by atoms with van der Waals surface area (Å²) in [6, 6.07) is 11.8. The number of rotatable bonds is 4. The summed E-state index contributed by atoms with van der Waals surface area (Å²) in [7, 11) is 0. The zero-order chi connectivity index (χ0) is 14.7. The van der Waals surface area contributed by atoms with Crippen LogP contribution in [0.15, 0.2) is 45.3 Å². The largest absolute Gasteiger partial charge is 0.459 e. The zero-order valence-electron chi connectivity index (χ0n) is 11.8. The van der Waals surface area contributed by atoms with Gasteiger partial charge >= 0.3 is 0 Å². The molecule has 0 unspecified atom stereocenters. The molecule has 1 aromatic heterocycles. The second-order valence-corrected chi connectivity index (χ2v) is 6.39. The number of hydrogen-bond donors (Lipinski definition) is 1. The molecular formula is C17H18BrNO2. The van der Waals surface area contributed by atoms with E-state index >= 15 is 0 Å². The van der Waals surface area contributed by atoms with Gasteiger partial charge in [-0.3, -0.25) is 4.79 Å². The molecule has 3 nitrogen and oxygen atoms in total. The Bertz CT molecular complexity index is 612. The molecule has 0 atom stereocenters. The van der Waals surface area contributed by atoms with Crippen LogP contribution in [0, 0.1) is 5.92 Å². The van der Waals surface area contributed by atoms with Gasteiger partial charge in [-0.05, 0) is 37.1 Å². The molecule has 2 aromatic rings. The molecule has 110 valence electrons. The summed E-state index contributed by atoms with van der Waals surface area (Å²) < 4.78 is 6.84. The molecule has 3 rings (SSSR count). The SMILES string of the molecule is O=C(NCc1ccc(-c2ccc(Br)cc2)o1)C1CCCC1. The maximum atomic E-state index is 12.0. The number of halogens is 1. The van der Waals surface area contributed by atoms with Gasteiger partial charge in [-0.2, -0.15) is 0 Å². The van der Waals surface area contributed by atoms with Gasteiger partial charge in [0.25, 0.3) is 0 Å². The number of carbonyl (C=O) groups excluding carboxylic acids is 1. The van der Waals surface area contributed by atoms with E-state index in [0.717, 1.165) is 34.4 Å². The van der Waals surface area contributed by atoms with E-state index in [0.29, 0.717) is 6.54 Å². The fourth-order valence-corrected chi connectivity index (χ4v) is 3.01. The fraction of sp³-hybridized carbons (Fsp3) is 0.353. The minimum Gasteiger partial charge on any atom is -0.459 e. The predicted molar refractivity (Wildman–Crippen MR) is 85.6 cm³/mol. The van der Waals surface area contributed by atoms with Gasteiger partial charge in [-0.25, -0.2) is 0 Å². The number of benzene rings is 1. The summed E-state index contributed by atoms with van der Waals surface area (Å²) in [5, 5.41) is 2.97. The lowest BCUT2D eigenvalue weighted by Gasteiger charge is -2.08. The third kappa shape index (κ3) is 3.56. The molecule has 1 saturated carbocycles. The van der Waals surface area contributed by atoms with Gasteiger partial charge in [-0.15, -0.1) is 0 Å². The van der Waals surface area contributed by atoms with E-state index in [4.69, 9.17) is 4.42 Å². The van der Waals surface area contributed by atoms with E-state index < -0.39 is 0 Å². The van der Waals surface area contributed by atoms with E-state index in [-0.39, 0.29) is 11.8 Å². The van der Waals surface area contributed by atoms with Crippen molar-refractivity contribution in [2.45, 2.75) is 32.2 Å². The van der Waals surface area contributed by atoms with Crippen LogP contribution >= 0.6 is 15.9 Å². The highest BCUT2D eigenvalue weighted by Crippen LogP contribution is 2.26. The Kier molecular flexibility index (Phi) is 4.44. The van der Waals surface area contributed by atoms with Gasteiger partial charge in [0, 0.05) is 16.0 Å². The van der Waals surface area contributed by atoms with E-state index in [1.54, 1.807) is 0 Å². The summed E-state index contributed by atoms with van der Waals surface area (Å²) in [6.45, 7) is 0.464. The van der Waals surface area contributed by atoms with Gasteiger partial charge in [0.1, 0.15) is 11.5 Å². The molecule has 0 bridgehead atoms. The first-order valence-electron chi connectivity index (χ1n) is 7.35. The molecule has 0 radical (unpaired) electrons. The van der Waals surface area contributed by atoms with Crippen LogP contribution in [0.5, 0.6) is 0 Å². The van der Waals surface area contributed by atoms with Crippen molar-refractivity contribution in [1.82, 2.24) is 5.32 Å². The Balaban J connectivity index is 1.60. The fourth-order valence-electron chi connectivity index (χ4n) is 2.75. The average molecular weight is 348 g/mol. The van der Waals surface area contributed by atoms with Crippen molar-refractivity contribution in [2.24, 2.45) is 5.92 Å². The number of nitrogens with one attached hydrogen (secondary N) is 1. The molecule has 4 heteroatoms. The summed E-state index contributed by atoms with van der Waals surface area (Å²) in [5.41, 5.74) is 1.03. The smallest absolute Gasteiger partial charge is 0.223 e. The molecule has 0 aliphatic heterocycles. The standard InChI is InChI=1S/C17H18BrNO2/c18-14-7-5-12(6-8-14)16-10-9-15(21-16)11-19-17(20)13-3-1-2-4-13/h5-10,13H,1-4,11H2,(H,19,20). The minimum absolute atomic E-state index is 0.161. The lowest BCUT2D eigenvalue weighted by molar-refractivity contribution is -0.125. The highest BCUT2D eigenvalue weighted by atomic mass is 79.9. The first-order valence-corrected chi connectivity index (χ1v) is 8.14. The minimum atomic E-state index is 0.161. The molecule has 1 heterocycles. The predicted octanol–water partition coefficient (Wildman–Crippen LogP) is 4.52. The maximum Gasteiger partial charge on any atom is 0.223 e. The highest BCUT2D eigenvalue weighted by molar-refractivity contribution is 9.10. The van der Waals surface area contributed by atoms with Crippen LogP contribution < -0.4 is 5.32 Å². The molecular weight excluding hydrogens is 330 g/mol. The zero-order valence-corrected chi connectivity index (χ0v) is 13.4. The second kappa shape index (κ2) is 6.48. The number of furan rings is 1. The average Bonchev–Trinajstić information content (AvgIpc) is 3.17. The lowest BCUT2D eigenvalue weighted by atomic mass is 10.1. The topological polar surface area (TPSA) is 42.2 Å². The molecule has 1 aromatic carbocycles. The van der Waals surface area contributed by atoms with Gasteiger partial charge in [-0.1, -0.05) is 40.9 Å². The summed E-state index contributed by atoms with van der Waals surface area (Å²) in [6.07, 6.45) is 4.39. The second-order valence-electron chi connectivity index (χ2n) is 5.47. The molecule has 1 amide bonds. The third-order valence-electron chi connectivity index (χ3n) is 3.95. The third-order valence-corrected chi connectivity index (χ3v) is 4.48. The summed E-state index contributed by atoms with van der Waals surface area (Å²) in [5.74, 6) is 1.98. The van der Waals surface area contributed by atoms with E-state index in [9.17, 15) is 4.79 Å². The van der Waals surface area contributed by atoms with E-state index in [1.165, 1.54) is 12.8 Å². The Labute approximate surface area is 132 Å². The molecule has 0 spiro atoms. The molecule has 1 aliphatic carbocycles. The van der Waals surface area contributed by atoms with Gasteiger partial charge < -0.3 is 9.73 Å². The molecule has 1 N–H and O–H groups in total. The summed E-state index contributed by atoms with van der Waals surface area (Å²) in [4.78, 5) is 12.0. The van der Waals surface area contributed by atoms with Crippen LogP contribution in [-0.2, 0) is 11.3 Å². The van der Waals surface area contributed by atoms with Gasteiger partial charge in [0.2, 0.25) is 5.91 Å². The number of carbonyl (C=O) groups is 1. The van der Waals surface area contributed by atoms with Crippen molar-refractivity contribution < 1.29 is 9.21 Å². The van der Waals surface area contributed by atoms with Crippen LogP contribution in [-0.4, -0.2) is 5.91 Å². The molecule has 21 heavy (non-hydrogen) atoms. The Morgan fingerprint density at radius 3 is 2.57 bits per heavy atom. The van der Waals surface area contributed by atoms with Crippen LogP contribution in [0.1, 0.15) is 31.4 Å². The lowest BCUT2D eigenvalue weighted by Crippen LogP contribution is -2.28. The number of hydrogen-bond acceptors (Lipinski definition) is 2.